The van der Waals surface area contributed by atoms with Crippen LogP contribution in [0.3, 0.4) is 0 Å². The van der Waals surface area contributed by atoms with Gasteiger partial charge in [0.15, 0.2) is 0 Å². The minimum absolute atomic E-state index is 0.669. The molecule has 2 heterocycles. The topological polar surface area (TPSA) is 49.3 Å². The molecule has 0 radical (unpaired) electrons. The summed E-state index contributed by atoms with van der Waals surface area (Å²) in [5.74, 6) is 0.819. The summed E-state index contributed by atoms with van der Waals surface area (Å²) in [5, 5.41) is 0. The second-order valence-electron chi connectivity index (χ2n) is 4.19. The third-order valence-corrected chi connectivity index (χ3v) is 3.00. The number of anilines is 1. The molecule has 0 aliphatic carbocycles. The van der Waals surface area contributed by atoms with Crippen molar-refractivity contribution >= 4 is 12.2 Å². The zero-order chi connectivity index (χ0) is 11.9. The van der Waals surface area contributed by atoms with Crippen LogP contribution in [0.15, 0.2) is 18.5 Å². The number of nitrogens with zero attached hydrogens (tertiary/aromatic N) is 4. The van der Waals surface area contributed by atoms with Crippen LogP contribution in [-0.4, -0.2) is 53.9 Å². The maximum atomic E-state index is 10.2. The van der Waals surface area contributed by atoms with E-state index in [-0.39, 0.29) is 0 Å². The van der Waals surface area contributed by atoms with Crippen LogP contribution in [0.5, 0.6) is 0 Å². The fourth-order valence-corrected chi connectivity index (χ4v) is 2.02. The van der Waals surface area contributed by atoms with E-state index in [1.54, 1.807) is 12.4 Å². The van der Waals surface area contributed by atoms with Crippen molar-refractivity contribution in [2.75, 3.05) is 37.6 Å². The zero-order valence-electron chi connectivity index (χ0n) is 9.96. The van der Waals surface area contributed by atoms with Gasteiger partial charge in [0, 0.05) is 45.0 Å². The molecule has 92 valence electrons. The first-order valence-corrected chi connectivity index (χ1v) is 6.08. The van der Waals surface area contributed by atoms with Crippen LogP contribution in [-0.2, 0) is 4.79 Å². The number of hydrogen-bond acceptors (Lipinski definition) is 5. The van der Waals surface area contributed by atoms with E-state index in [9.17, 15) is 4.79 Å². The molecular formula is C12H18N4O. The fraction of sp³-hybridized carbons (Fsp3) is 0.583. The lowest BCUT2D eigenvalue weighted by Crippen LogP contribution is -2.47. The van der Waals surface area contributed by atoms with Gasteiger partial charge in [0.2, 0.25) is 5.95 Å². The molecule has 2 rings (SSSR count). The van der Waals surface area contributed by atoms with Crippen molar-refractivity contribution in [1.29, 1.82) is 0 Å². The number of aldehydes is 1. The minimum Gasteiger partial charge on any atom is -0.338 e. The van der Waals surface area contributed by atoms with E-state index >= 15 is 0 Å². The van der Waals surface area contributed by atoms with E-state index in [0.717, 1.165) is 51.4 Å². The van der Waals surface area contributed by atoms with Crippen LogP contribution >= 0.6 is 0 Å². The van der Waals surface area contributed by atoms with Crippen LogP contribution in [0.4, 0.5) is 5.95 Å². The van der Waals surface area contributed by atoms with Crippen molar-refractivity contribution in [3.8, 4) is 0 Å². The first-order valence-electron chi connectivity index (χ1n) is 6.08. The molecule has 0 saturated carbocycles. The summed E-state index contributed by atoms with van der Waals surface area (Å²) in [6.45, 7) is 4.99. The Balaban J connectivity index is 1.76. The maximum absolute atomic E-state index is 10.2. The predicted molar refractivity (Wildman–Crippen MR) is 66.0 cm³/mol. The molecule has 0 spiro atoms. The van der Waals surface area contributed by atoms with E-state index in [1.807, 2.05) is 6.07 Å². The van der Waals surface area contributed by atoms with Gasteiger partial charge in [0.05, 0.1) is 0 Å². The zero-order valence-corrected chi connectivity index (χ0v) is 9.96. The largest absolute Gasteiger partial charge is 0.338 e. The Labute approximate surface area is 101 Å². The second-order valence-corrected chi connectivity index (χ2v) is 4.19. The Hall–Kier alpha value is -1.49. The number of hydrogen-bond donors (Lipinski definition) is 0. The third-order valence-electron chi connectivity index (χ3n) is 3.00. The summed E-state index contributed by atoms with van der Waals surface area (Å²) in [4.78, 5) is 23.3. The average molecular weight is 234 g/mol. The van der Waals surface area contributed by atoms with Crippen LogP contribution in [0.1, 0.15) is 12.8 Å². The first-order chi connectivity index (χ1) is 8.40. The lowest BCUT2D eigenvalue weighted by atomic mass is 10.2. The van der Waals surface area contributed by atoms with E-state index in [2.05, 4.69) is 19.8 Å². The Morgan fingerprint density at radius 1 is 1.18 bits per heavy atom. The molecule has 1 aromatic heterocycles. The van der Waals surface area contributed by atoms with Gasteiger partial charge in [-0.2, -0.15) is 0 Å². The maximum Gasteiger partial charge on any atom is 0.225 e. The lowest BCUT2D eigenvalue weighted by molar-refractivity contribution is -0.108. The Bertz CT molecular complexity index is 336. The van der Waals surface area contributed by atoms with E-state index < -0.39 is 0 Å². The monoisotopic (exact) mass is 234 g/mol. The van der Waals surface area contributed by atoms with Crippen molar-refractivity contribution in [2.45, 2.75) is 12.8 Å². The number of unbranched alkanes of at least 4 members (excludes halogenated alkanes) is 1. The molecule has 1 aliphatic rings. The van der Waals surface area contributed by atoms with Crippen molar-refractivity contribution in [1.82, 2.24) is 14.9 Å². The molecule has 5 heteroatoms. The molecule has 0 amide bonds. The first kappa shape index (κ1) is 12.0. The van der Waals surface area contributed by atoms with Gasteiger partial charge in [-0.3, -0.25) is 4.90 Å². The highest BCUT2D eigenvalue weighted by molar-refractivity contribution is 5.49. The van der Waals surface area contributed by atoms with Crippen LogP contribution in [0.25, 0.3) is 0 Å². The highest BCUT2D eigenvalue weighted by atomic mass is 16.1. The highest BCUT2D eigenvalue weighted by Gasteiger charge is 2.17. The molecule has 0 N–H and O–H groups in total. The van der Waals surface area contributed by atoms with Gasteiger partial charge in [-0.25, -0.2) is 9.97 Å². The van der Waals surface area contributed by atoms with Crippen molar-refractivity contribution in [3.63, 3.8) is 0 Å². The molecule has 0 atom stereocenters. The molecule has 0 aromatic carbocycles. The number of aromatic nitrogens is 2. The lowest BCUT2D eigenvalue weighted by Gasteiger charge is -2.34. The van der Waals surface area contributed by atoms with Crippen LogP contribution < -0.4 is 4.90 Å². The summed E-state index contributed by atoms with van der Waals surface area (Å²) in [6, 6.07) is 1.83. The summed E-state index contributed by atoms with van der Waals surface area (Å²) in [6.07, 6.45) is 6.18. The van der Waals surface area contributed by atoms with Crippen molar-refractivity contribution < 1.29 is 4.79 Å². The van der Waals surface area contributed by atoms with Crippen LogP contribution in [0.2, 0.25) is 0 Å². The van der Waals surface area contributed by atoms with Gasteiger partial charge in [0.25, 0.3) is 0 Å². The van der Waals surface area contributed by atoms with E-state index in [0.29, 0.717) is 6.42 Å². The van der Waals surface area contributed by atoms with Gasteiger partial charge in [-0.1, -0.05) is 0 Å². The Morgan fingerprint density at radius 2 is 1.88 bits per heavy atom. The fourth-order valence-electron chi connectivity index (χ4n) is 2.02. The van der Waals surface area contributed by atoms with Gasteiger partial charge >= 0.3 is 0 Å². The SMILES string of the molecule is O=CCCCN1CCN(c2ncccn2)CC1. The quantitative estimate of drug-likeness (QED) is 0.551. The number of rotatable bonds is 5. The van der Waals surface area contributed by atoms with Crippen LogP contribution in [0, 0.1) is 0 Å². The number of carbonyl (C=O) groups excluding carboxylic acids is 1. The van der Waals surface area contributed by atoms with Gasteiger partial charge < -0.3 is 9.69 Å². The van der Waals surface area contributed by atoms with Gasteiger partial charge in [-0.05, 0) is 19.0 Å². The average Bonchev–Trinajstić information content (AvgIpc) is 2.41. The summed E-state index contributed by atoms with van der Waals surface area (Å²) in [5.41, 5.74) is 0. The van der Waals surface area contributed by atoms with Gasteiger partial charge in [0.1, 0.15) is 6.29 Å². The van der Waals surface area contributed by atoms with Crippen molar-refractivity contribution in [2.24, 2.45) is 0 Å². The molecule has 17 heavy (non-hydrogen) atoms. The van der Waals surface area contributed by atoms with Gasteiger partial charge in [-0.15, -0.1) is 0 Å². The number of piperazine rings is 1. The molecule has 5 nitrogen and oxygen atoms in total. The summed E-state index contributed by atoms with van der Waals surface area (Å²) < 4.78 is 0. The molecule has 0 bridgehead atoms. The normalized spacial score (nSPS) is 17.1. The highest BCUT2D eigenvalue weighted by Crippen LogP contribution is 2.09. The van der Waals surface area contributed by atoms with E-state index in [4.69, 9.17) is 0 Å². The molecule has 1 aliphatic heterocycles. The van der Waals surface area contributed by atoms with E-state index in [1.165, 1.54) is 0 Å². The molecule has 1 aromatic rings. The smallest absolute Gasteiger partial charge is 0.225 e. The molecule has 0 unspecified atom stereocenters. The molecule has 1 fully saturated rings. The molecule has 1 saturated heterocycles. The predicted octanol–water partition coefficient (Wildman–Crippen LogP) is 0.578. The molecular weight excluding hydrogens is 216 g/mol. The Kier molecular flexibility index (Phi) is 4.44. The second kappa shape index (κ2) is 6.30. The summed E-state index contributed by atoms with van der Waals surface area (Å²) >= 11 is 0. The van der Waals surface area contributed by atoms with Crippen molar-refractivity contribution in [3.05, 3.63) is 18.5 Å². The minimum atomic E-state index is 0.669. The standard InChI is InChI=1S/C12H18N4O/c17-11-2-1-6-15-7-9-16(10-8-15)12-13-4-3-5-14-12/h3-5,11H,1-2,6-10H2. The Morgan fingerprint density at radius 3 is 2.53 bits per heavy atom. The number of carbonyl (C=O) groups is 1. The third kappa shape index (κ3) is 3.49. The summed E-state index contributed by atoms with van der Waals surface area (Å²) in [7, 11) is 0.